The van der Waals surface area contributed by atoms with Crippen LogP contribution in [0.5, 0.6) is 0 Å². The molecule has 0 N–H and O–H groups in total. The minimum Gasteiger partial charge on any atom is -0.463 e. The van der Waals surface area contributed by atoms with Crippen molar-refractivity contribution < 1.29 is 19.1 Å². The molecule has 19 heavy (non-hydrogen) atoms. The zero-order valence-electron chi connectivity index (χ0n) is 10.3. The van der Waals surface area contributed by atoms with Gasteiger partial charge < -0.3 is 9.30 Å². The number of benzene rings is 1. The van der Waals surface area contributed by atoms with Crippen LogP contribution in [0.15, 0.2) is 24.4 Å². The molecule has 5 heteroatoms. The molecule has 0 fully saturated rings. The van der Waals surface area contributed by atoms with Crippen LogP contribution >= 0.6 is 0 Å². The van der Waals surface area contributed by atoms with Gasteiger partial charge in [-0.1, -0.05) is 12.1 Å². The summed E-state index contributed by atoms with van der Waals surface area (Å²) in [5.74, 6) is -1.51. The fourth-order valence-electron chi connectivity index (χ4n) is 2.50. The van der Waals surface area contributed by atoms with Crippen molar-refractivity contribution in [3.05, 3.63) is 35.5 Å². The van der Waals surface area contributed by atoms with Gasteiger partial charge in [0.2, 0.25) is 0 Å². The molecule has 0 unspecified atom stereocenters. The number of carbonyl (C=O) groups is 3. The largest absolute Gasteiger partial charge is 0.463 e. The molecule has 0 radical (unpaired) electrons. The number of rotatable bonds is 2. The average Bonchev–Trinajstić information content (AvgIpc) is 2.81. The van der Waals surface area contributed by atoms with E-state index < -0.39 is 11.8 Å². The van der Waals surface area contributed by atoms with Gasteiger partial charge in [-0.2, -0.15) is 0 Å². The Bertz CT molecular complexity index is 726. The minimum absolute atomic E-state index is 0.0632. The van der Waals surface area contributed by atoms with Crippen LogP contribution in [0, 0.1) is 0 Å². The van der Waals surface area contributed by atoms with Gasteiger partial charge in [0.1, 0.15) is 0 Å². The number of nitrogens with zero attached hydrogens (tertiary/aromatic N) is 1. The highest BCUT2D eigenvalue weighted by atomic mass is 16.5. The highest BCUT2D eigenvalue weighted by Gasteiger charge is 2.26. The third kappa shape index (κ3) is 1.58. The van der Waals surface area contributed by atoms with E-state index in [0.717, 1.165) is 5.52 Å². The fourth-order valence-corrected chi connectivity index (χ4v) is 2.50. The van der Waals surface area contributed by atoms with Gasteiger partial charge in [-0.3, -0.25) is 9.59 Å². The summed E-state index contributed by atoms with van der Waals surface area (Å²) >= 11 is 0. The first-order valence-electron chi connectivity index (χ1n) is 5.91. The van der Waals surface area contributed by atoms with E-state index in [1.807, 2.05) is 4.57 Å². The van der Waals surface area contributed by atoms with E-state index in [1.54, 1.807) is 24.4 Å². The molecule has 0 bridgehead atoms. The molecule has 1 aliphatic heterocycles. The lowest BCUT2D eigenvalue weighted by Gasteiger charge is -2.13. The summed E-state index contributed by atoms with van der Waals surface area (Å²) in [5.41, 5.74) is 1.62. The Morgan fingerprint density at radius 3 is 2.84 bits per heavy atom. The van der Waals surface area contributed by atoms with Crippen molar-refractivity contribution in [1.82, 2.24) is 4.57 Å². The van der Waals surface area contributed by atoms with Crippen LogP contribution in [0.4, 0.5) is 0 Å². The summed E-state index contributed by atoms with van der Waals surface area (Å²) < 4.78 is 6.31. The van der Waals surface area contributed by atoms with Gasteiger partial charge in [0, 0.05) is 30.1 Å². The predicted octanol–water partition coefficient (Wildman–Crippen LogP) is 1.58. The first-order chi connectivity index (χ1) is 9.13. The molecule has 96 valence electrons. The molecule has 0 amide bonds. The van der Waals surface area contributed by atoms with E-state index in [0.29, 0.717) is 29.5 Å². The van der Waals surface area contributed by atoms with Crippen LogP contribution in [-0.2, 0) is 16.1 Å². The number of aryl methyl sites for hydroxylation is 1. The lowest BCUT2D eigenvalue weighted by atomic mass is 10.0. The molecule has 1 aliphatic rings. The molecule has 5 nitrogen and oxygen atoms in total. The molecule has 0 atom stereocenters. The van der Waals surface area contributed by atoms with Gasteiger partial charge in [-0.05, 0) is 6.07 Å². The van der Waals surface area contributed by atoms with Crippen LogP contribution in [-0.4, -0.2) is 29.2 Å². The van der Waals surface area contributed by atoms with Gasteiger partial charge in [-0.15, -0.1) is 0 Å². The number of methoxy groups -OCH3 is 1. The van der Waals surface area contributed by atoms with E-state index in [9.17, 15) is 14.4 Å². The highest BCUT2D eigenvalue weighted by molar-refractivity contribution is 6.43. The number of para-hydroxylation sites is 1. The first kappa shape index (κ1) is 11.6. The van der Waals surface area contributed by atoms with Crippen LogP contribution < -0.4 is 0 Å². The van der Waals surface area contributed by atoms with E-state index in [1.165, 1.54) is 7.11 Å². The van der Waals surface area contributed by atoms with Crippen molar-refractivity contribution in [2.75, 3.05) is 7.11 Å². The molecule has 1 aromatic heterocycles. The molecule has 3 rings (SSSR count). The van der Waals surface area contributed by atoms with Crippen LogP contribution in [0.25, 0.3) is 10.9 Å². The summed E-state index contributed by atoms with van der Waals surface area (Å²) in [6.07, 6.45) is 2.03. The Balaban J connectivity index is 2.28. The molecule has 0 saturated heterocycles. The number of esters is 1. The van der Waals surface area contributed by atoms with E-state index in [-0.39, 0.29) is 5.78 Å². The molecule has 0 saturated carbocycles. The molecule has 0 aliphatic carbocycles. The van der Waals surface area contributed by atoms with Crippen LogP contribution in [0.3, 0.4) is 0 Å². The van der Waals surface area contributed by atoms with Crippen LogP contribution in [0.1, 0.15) is 27.1 Å². The first-order valence-corrected chi connectivity index (χ1v) is 5.91. The Hall–Kier alpha value is -2.43. The third-order valence-corrected chi connectivity index (χ3v) is 3.39. The molecular formula is C14H11NO4. The predicted molar refractivity (Wildman–Crippen MR) is 67.2 cm³/mol. The number of aromatic nitrogens is 1. The molecule has 1 aromatic carbocycles. The molecule has 2 aromatic rings. The number of ether oxygens (including phenoxy) is 1. The Morgan fingerprint density at radius 2 is 2.11 bits per heavy atom. The average molecular weight is 257 g/mol. The minimum atomic E-state index is -0.893. The maximum Gasteiger partial charge on any atom is 0.379 e. The maximum absolute atomic E-state index is 12.0. The Morgan fingerprint density at radius 1 is 1.32 bits per heavy atom. The molecule has 2 heterocycles. The van der Waals surface area contributed by atoms with Gasteiger partial charge >= 0.3 is 5.97 Å². The summed E-state index contributed by atoms with van der Waals surface area (Å²) in [5, 5.41) is 0.626. The highest BCUT2D eigenvalue weighted by Crippen LogP contribution is 2.29. The second kappa shape index (κ2) is 4.05. The second-order valence-corrected chi connectivity index (χ2v) is 4.43. The van der Waals surface area contributed by atoms with Crippen molar-refractivity contribution in [2.24, 2.45) is 0 Å². The van der Waals surface area contributed by atoms with E-state index in [2.05, 4.69) is 4.74 Å². The topological polar surface area (TPSA) is 65.4 Å². The Labute approximate surface area is 108 Å². The number of carbonyl (C=O) groups excluding carboxylic acids is 3. The smallest absolute Gasteiger partial charge is 0.379 e. The second-order valence-electron chi connectivity index (χ2n) is 4.43. The third-order valence-electron chi connectivity index (χ3n) is 3.39. The zero-order chi connectivity index (χ0) is 13.6. The van der Waals surface area contributed by atoms with E-state index in [4.69, 9.17) is 0 Å². The van der Waals surface area contributed by atoms with Gasteiger partial charge in [0.05, 0.1) is 18.2 Å². The monoisotopic (exact) mass is 257 g/mol. The van der Waals surface area contributed by atoms with E-state index >= 15 is 0 Å². The van der Waals surface area contributed by atoms with Gasteiger partial charge in [0.15, 0.2) is 5.78 Å². The zero-order valence-corrected chi connectivity index (χ0v) is 10.3. The molecular weight excluding hydrogens is 246 g/mol. The number of Topliss-reactive ketones (excluding diaryl/α,β-unsaturated/α-hetero) is 2. The van der Waals surface area contributed by atoms with Crippen LogP contribution in [0.2, 0.25) is 0 Å². The lowest BCUT2D eigenvalue weighted by molar-refractivity contribution is -0.135. The molecule has 0 spiro atoms. The summed E-state index contributed by atoms with van der Waals surface area (Å²) in [6.45, 7) is 0.529. The van der Waals surface area contributed by atoms with Crippen molar-refractivity contribution in [2.45, 2.75) is 13.0 Å². The van der Waals surface area contributed by atoms with Crippen molar-refractivity contribution in [3.8, 4) is 0 Å². The number of hydrogen-bond donors (Lipinski definition) is 0. The maximum atomic E-state index is 12.0. The summed E-state index contributed by atoms with van der Waals surface area (Å²) in [4.78, 5) is 35.2. The van der Waals surface area contributed by atoms with Gasteiger partial charge in [-0.25, -0.2) is 4.79 Å². The van der Waals surface area contributed by atoms with Crippen molar-refractivity contribution in [3.63, 3.8) is 0 Å². The quantitative estimate of drug-likeness (QED) is 0.465. The normalized spacial score (nSPS) is 13.6. The SMILES string of the molecule is COC(=O)C(=O)c1cn2c3c(cccc13)C(=O)CC2. The fraction of sp³-hybridized carbons (Fsp3) is 0.214. The number of hydrogen-bond acceptors (Lipinski definition) is 4. The Kier molecular flexibility index (Phi) is 2.48. The summed E-state index contributed by atoms with van der Waals surface area (Å²) in [6, 6.07) is 5.20. The number of ketones is 2. The summed E-state index contributed by atoms with van der Waals surface area (Å²) in [7, 11) is 1.17. The van der Waals surface area contributed by atoms with Crippen molar-refractivity contribution >= 4 is 28.4 Å². The van der Waals surface area contributed by atoms with Gasteiger partial charge in [0.25, 0.3) is 5.78 Å². The van der Waals surface area contributed by atoms with Crippen molar-refractivity contribution in [1.29, 1.82) is 0 Å². The lowest BCUT2D eigenvalue weighted by Crippen LogP contribution is -2.15. The standard InChI is InChI=1S/C14H11NO4/c1-19-14(18)13(17)10-7-15-6-5-11(16)9-4-2-3-8(10)12(9)15/h2-4,7H,5-6H2,1H3.